The number of nitrogens with one attached hydrogen (secondary N) is 1. The lowest BCUT2D eigenvalue weighted by atomic mass is 10.0. The second-order valence-electron chi connectivity index (χ2n) is 8.41. The Balaban J connectivity index is 1.51. The van der Waals surface area contributed by atoms with E-state index in [4.69, 9.17) is 16.2 Å². The molecule has 11 heteroatoms. The van der Waals surface area contributed by atoms with Gasteiger partial charge in [0.1, 0.15) is 6.04 Å². The standard InChI is InChI=1S/C27H22N4O7/c28-23(33)16-11-17(24(29)34)13-18(12-16)30-22(32)14-38-27(37)21(10-15-6-2-1-3-7-15)31-25(35)19-8-4-5-9-20(19)26(31)36/h1-9,11-13,21H,10,14H2,(H2,28,33)(H2,29,34)(H,30,32)/t21-/m0/s1. The number of nitrogens with two attached hydrogens (primary N) is 2. The molecule has 0 unspecified atom stereocenters. The average Bonchev–Trinajstić information content (AvgIpc) is 3.16. The molecule has 0 aliphatic carbocycles. The Labute approximate surface area is 216 Å². The average molecular weight is 514 g/mol. The molecular weight excluding hydrogens is 492 g/mol. The number of hydrogen-bond acceptors (Lipinski definition) is 7. The van der Waals surface area contributed by atoms with Crippen LogP contribution in [0, 0.1) is 0 Å². The van der Waals surface area contributed by atoms with Gasteiger partial charge in [-0.25, -0.2) is 4.79 Å². The van der Waals surface area contributed by atoms with Crippen molar-refractivity contribution in [2.75, 3.05) is 11.9 Å². The van der Waals surface area contributed by atoms with E-state index in [-0.39, 0.29) is 34.4 Å². The van der Waals surface area contributed by atoms with Crippen molar-refractivity contribution >= 4 is 41.2 Å². The highest BCUT2D eigenvalue weighted by molar-refractivity contribution is 6.22. The molecule has 0 bridgehead atoms. The van der Waals surface area contributed by atoms with E-state index in [2.05, 4.69) is 5.32 Å². The maximum Gasteiger partial charge on any atom is 0.330 e. The SMILES string of the molecule is NC(=O)c1cc(NC(=O)COC(=O)[C@H](Cc2ccccc2)N2C(=O)c3ccccc3C2=O)cc(C(N)=O)c1. The molecule has 38 heavy (non-hydrogen) atoms. The third-order valence-corrected chi connectivity index (χ3v) is 5.81. The maximum atomic E-state index is 13.1. The molecule has 5 N–H and O–H groups in total. The molecule has 5 amide bonds. The number of hydrogen-bond donors (Lipinski definition) is 3. The molecule has 1 heterocycles. The first-order valence-corrected chi connectivity index (χ1v) is 11.4. The van der Waals surface area contributed by atoms with Crippen LogP contribution in [0.2, 0.25) is 0 Å². The Morgan fingerprint density at radius 2 is 1.32 bits per heavy atom. The molecule has 4 rings (SSSR count). The second-order valence-corrected chi connectivity index (χ2v) is 8.41. The first kappa shape index (κ1) is 25.8. The van der Waals surface area contributed by atoms with E-state index >= 15 is 0 Å². The highest BCUT2D eigenvalue weighted by Crippen LogP contribution is 2.26. The number of nitrogens with zero attached hydrogens (tertiary/aromatic N) is 1. The topological polar surface area (TPSA) is 179 Å². The number of rotatable bonds is 9. The zero-order valence-corrected chi connectivity index (χ0v) is 19.9. The van der Waals surface area contributed by atoms with Crippen LogP contribution in [0.4, 0.5) is 5.69 Å². The maximum absolute atomic E-state index is 13.1. The number of benzene rings is 3. The van der Waals surface area contributed by atoms with Crippen LogP contribution in [0.1, 0.15) is 47.0 Å². The number of carbonyl (C=O) groups excluding carboxylic acids is 6. The summed E-state index contributed by atoms with van der Waals surface area (Å²) >= 11 is 0. The van der Waals surface area contributed by atoms with Crippen molar-refractivity contribution in [3.63, 3.8) is 0 Å². The molecule has 0 fully saturated rings. The van der Waals surface area contributed by atoms with Gasteiger partial charge < -0.3 is 21.5 Å². The smallest absolute Gasteiger partial charge is 0.330 e. The van der Waals surface area contributed by atoms with Crippen molar-refractivity contribution in [3.8, 4) is 0 Å². The molecule has 1 atom stereocenters. The number of anilines is 1. The minimum atomic E-state index is -1.34. The van der Waals surface area contributed by atoms with Gasteiger partial charge in [-0.05, 0) is 35.9 Å². The number of fused-ring (bicyclic) bond motifs is 1. The van der Waals surface area contributed by atoms with Crippen molar-refractivity contribution in [2.45, 2.75) is 12.5 Å². The quantitative estimate of drug-likeness (QED) is 0.284. The van der Waals surface area contributed by atoms with Crippen LogP contribution in [-0.4, -0.2) is 53.1 Å². The lowest BCUT2D eigenvalue weighted by Crippen LogP contribution is -2.47. The van der Waals surface area contributed by atoms with Gasteiger partial charge >= 0.3 is 5.97 Å². The predicted octanol–water partition coefficient (Wildman–Crippen LogP) is 1.27. The molecule has 192 valence electrons. The lowest BCUT2D eigenvalue weighted by Gasteiger charge is -2.24. The van der Waals surface area contributed by atoms with Gasteiger partial charge in [0, 0.05) is 23.2 Å². The molecular formula is C27H22N4O7. The first-order valence-electron chi connectivity index (χ1n) is 11.4. The van der Waals surface area contributed by atoms with Crippen molar-refractivity contribution in [2.24, 2.45) is 11.5 Å². The number of esters is 1. The molecule has 3 aromatic carbocycles. The zero-order chi connectivity index (χ0) is 27.4. The molecule has 11 nitrogen and oxygen atoms in total. The van der Waals surface area contributed by atoms with Crippen LogP contribution in [0.15, 0.2) is 72.8 Å². The van der Waals surface area contributed by atoms with Gasteiger partial charge in [0.2, 0.25) is 11.8 Å². The monoisotopic (exact) mass is 514 g/mol. The van der Waals surface area contributed by atoms with Crippen molar-refractivity contribution in [3.05, 3.63) is 101 Å². The number of primary amides is 2. The van der Waals surface area contributed by atoms with Crippen LogP contribution in [0.3, 0.4) is 0 Å². The van der Waals surface area contributed by atoms with E-state index < -0.39 is 48.2 Å². The summed E-state index contributed by atoms with van der Waals surface area (Å²) in [6, 6.07) is 17.2. The van der Waals surface area contributed by atoms with Gasteiger partial charge in [0.25, 0.3) is 17.7 Å². The summed E-state index contributed by atoms with van der Waals surface area (Å²) in [5.41, 5.74) is 11.4. The Hall–Kier alpha value is -5.32. The van der Waals surface area contributed by atoms with Crippen LogP contribution in [0.25, 0.3) is 0 Å². The summed E-state index contributed by atoms with van der Waals surface area (Å²) in [7, 11) is 0. The molecule has 1 aliphatic rings. The zero-order valence-electron chi connectivity index (χ0n) is 19.9. The van der Waals surface area contributed by atoms with Crippen molar-refractivity contribution in [1.82, 2.24) is 4.90 Å². The van der Waals surface area contributed by atoms with Crippen LogP contribution >= 0.6 is 0 Å². The molecule has 0 radical (unpaired) electrons. The Morgan fingerprint density at radius 1 is 0.789 bits per heavy atom. The third kappa shape index (κ3) is 5.41. The highest BCUT2D eigenvalue weighted by Gasteiger charge is 2.43. The number of ether oxygens (including phenoxy) is 1. The minimum absolute atomic E-state index is 0.0253. The lowest BCUT2D eigenvalue weighted by molar-refractivity contribution is -0.151. The molecule has 0 spiro atoms. The molecule has 3 aromatic rings. The fourth-order valence-electron chi connectivity index (χ4n) is 4.02. The van der Waals surface area contributed by atoms with E-state index in [1.54, 1.807) is 42.5 Å². The van der Waals surface area contributed by atoms with E-state index in [1.807, 2.05) is 0 Å². The summed E-state index contributed by atoms with van der Waals surface area (Å²) in [5, 5.41) is 2.40. The van der Waals surface area contributed by atoms with Gasteiger partial charge in [-0.15, -0.1) is 0 Å². The summed E-state index contributed by atoms with van der Waals surface area (Å²) in [4.78, 5) is 75.7. The van der Waals surface area contributed by atoms with E-state index in [1.165, 1.54) is 30.3 Å². The van der Waals surface area contributed by atoms with Crippen molar-refractivity contribution in [1.29, 1.82) is 0 Å². The van der Waals surface area contributed by atoms with Crippen LogP contribution < -0.4 is 16.8 Å². The second kappa shape index (κ2) is 10.7. The summed E-state index contributed by atoms with van der Waals surface area (Å²) < 4.78 is 5.19. The summed E-state index contributed by atoms with van der Waals surface area (Å²) in [5.74, 6) is -4.76. The third-order valence-electron chi connectivity index (χ3n) is 5.81. The number of carbonyl (C=O) groups is 6. The van der Waals surface area contributed by atoms with E-state index in [0.29, 0.717) is 5.56 Å². The Kier molecular flexibility index (Phi) is 7.28. The van der Waals surface area contributed by atoms with Gasteiger partial charge in [-0.1, -0.05) is 42.5 Å². The van der Waals surface area contributed by atoms with Gasteiger partial charge in [-0.2, -0.15) is 0 Å². The highest BCUT2D eigenvalue weighted by atomic mass is 16.5. The van der Waals surface area contributed by atoms with E-state index in [0.717, 1.165) is 4.90 Å². The fourth-order valence-corrected chi connectivity index (χ4v) is 4.02. The summed E-state index contributed by atoms with van der Waals surface area (Å²) in [6.45, 7) is -0.778. The van der Waals surface area contributed by atoms with E-state index in [9.17, 15) is 28.8 Å². The van der Waals surface area contributed by atoms with Gasteiger partial charge in [-0.3, -0.25) is 28.9 Å². The molecule has 0 saturated heterocycles. The first-order chi connectivity index (χ1) is 18.2. The number of amides is 5. The van der Waals surface area contributed by atoms with Gasteiger partial charge in [0.15, 0.2) is 6.61 Å². The molecule has 1 aliphatic heterocycles. The number of imide groups is 1. The van der Waals surface area contributed by atoms with Crippen LogP contribution in [-0.2, 0) is 20.7 Å². The largest absolute Gasteiger partial charge is 0.454 e. The van der Waals surface area contributed by atoms with Crippen molar-refractivity contribution < 1.29 is 33.5 Å². The molecule has 0 saturated carbocycles. The predicted molar refractivity (Wildman–Crippen MR) is 134 cm³/mol. The normalized spacial score (nSPS) is 13.0. The minimum Gasteiger partial charge on any atom is -0.454 e. The Bertz CT molecular complexity index is 1400. The van der Waals surface area contributed by atoms with Gasteiger partial charge in [0.05, 0.1) is 11.1 Å². The molecule has 0 aromatic heterocycles. The Morgan fingerprint density at radius 3 is 1.84 bits per heavy atom. The summed E-state index contributed by atoms with van der Waals surface area (Å²) in [6.07, 6.45) is -0.0324. The fraction of sp³-hybridized carbons (Fsp3) is 0.111. The van der Waals surface area contributed by atoms with Crippen LogP contribution in [0.5, 0.6) is 0 Å².